The quantitative estimate of drug-likeness (QED) is 0.705. The van der Waals surface area contributed by atoms with E-state index in [1.807, 2.05) is 47.5 Å². The minimum atomic E-state index is 0.395. The molecule has 66 valence electrons. The van der Waals surface area contributed by atoms with Crippen LogP contribution in [0.25, 0.3) is 0 Å². The summed E-state index contributed by atoms with van der Waals surface area (Å²) in [6, 6.07) is 9.98. The van der Waals surface area contributed by atoms with E-state index in [4.69, 9.17) is 0 Å². The first-order valence-electron chi connectivity index (χ1n) is 4.24. The van der Waals surface area contributed by atoms with E-state index in [0.29, 0.717) is 12.3 Å². The largest absolute Gasteiger partial charge is 0.510 e. The van der Waals surface area contributed by atoms with Gasteiger partial charge in [-0.15, -0.1) is 0 Å². The highest BCUT2D eigenvalue weighted by Gasteiger charge is 2.06. The van der Waals surface area contributed by atoms with Gasteiger partial charge in [0.2, 0.25) is 0 Å². The Bertz CT molecular complexity index is 340. The van der Waals surface area contributed by atoms with Gasteiger partial charge in [0, 0.05) is 11.9 Å². The second-order valence-corrected chi connectivity index (χ2v) is 2.96. The van der Waals surface area contributed by atoms with Crippen LogP contribution in [0, 0.1) is 0 Å². The molecule has 0 bridgehead atoms. The van der Waals surface area contributed by atoms with Crippen LogP contribution in [0.1, 0.15) is 0 Å². The molecule has 0 atom stereocenters. The molecule has 1 aliphatic rings. The minimum absolute atomic E-state index is 0.395. The molecular formula is C11H11NO. The number of aliphatic hydroxyl groups is 1. The maximum Gasteiger partial charge on any atom is 0.112 e. The van der Waals surface area contributed by atoms with Crippen LogP contribution in [-0.2, 0) is 0 Å². The number of aliphatic hydroxyl groups excluding tert-OH is 1. The van der Waals surface area contributed by atoms with Crippen LogP contribution in [0.4, 0.5) is 5.69 Å². The number of anilines is 1. The van der Waals surface area contributed by atoms with Gasteiger partial charge in [-0.2, -0.15) is 0 Å². The maximum atomic E-state index is 9.31. The Morgan fingerprint density at radius 3 is 2.62 bits per heavy atom. The molecule has 2 heteroatoms. The summed E-state index contributed by atoms with van der Waals surface area (Å²) in [7, 11) is 0. The molecule has 0 aromatic heterocycles. The molecule has 0 saturated heterocycles. The van der Waals surface area contributed by atoms with E-state index in [9.17, 15) is 5.11 Å². The molecule has 2 rings (SSSR count). The molecule has 13 heavy (non-hydrogen) atoms. The normalized spacial score (nSPS) is 15.7. The van der Waals surface area contributed by atoms with Crippen molar-refractivity contribution in [1.82, 2.24) is 0 Å². The van der Waals surface area contributed by atoms with Gasteiger partial charge in [0.1, 0.15) is 5.76 Å². The molecule has 1 N–H and O–H groups in total. The molecule has 1 aliphatic heterocycles. The Hall–Kier alpha value is -1.70. The monoisotopic (exact) mass is 173 g/mol. The predicted octanol–water partition coefficient (Wildman–Crippen LogP) is 2.46. The van der Waals surface area contributed by atoms with E-state index >= 15 is 0 Å². The van der Waals surface area contributed by atoms with Gasteiger partial charge in [-0.05, 0) is 24.3 Å². The summed E-state index contributed by atoms with van der Waals surface area (Å²) in [5, 5.41) is 9.31. The number of para-hydroxylation sites is 1. The van der Waals surface area contributed by atoms with E-state index in [1.165, 1.54) is 0 Å². The fraction of sp³-hybridized carbons (Fsp3) is 0.0909. The zero-order valence-corrected chi connectivity index (χ0v) is 7.22. The lowest BCUT2D eigenvalue weighted by Crippen LogP contribution is -2.20. The van der Waals surface area contributed by atoms with Crippen molar-refractivity contribution in [2.75, 3.05) is 11.4 Å². The lowest BCUT2D eigenvalue weighted by atomic mass is 10.2. The molecule has 0 amide bonds. The predicted molar refractivity (Wildman–Crippen MR) is 53.6 cm³/mol. The van der Waals surface area contributed by atoms with Gasteiger partial charge in [0.25, 0.3) is 0 Å². The SMILES string of the molecule is OC1=CC=CN(c2ccccc2)C1. The zero-order valence-electron chi connectivity index (χ0n) is 7.22. The average Bonchev–Trinajstić information content (AvgIpc) is 2.19. The number of hydrogen-bond donors (Lipinski definition) is 1. The molecule has 1 heterocycles. The lowest BCUT2D eigenvalue weighted by molar-refractivity contribution is 0.401. The van der Waals surface area contributed by atoms with Crippen LogP contribution in [0.15, 0.2) is 54.4 Å². The molecule has 2 nitrogen and oxygen atoms in total. The van der Waals surface area contributed by atoms with Gasteiger partial charge in [-0.3, -0.25) is 0 Å². The Morgan fingerprint density at radius 2 is 1.92 bits per heavy atom. The van der Waals surface area contributed by atoms with Gasteiger partial charge < -0.3 is 10.0 Å². The van der Waals surface area contributed by atoms with E-state index in [1.54, 1.807) is 6.08 Å². The Kier molecular flexibility index (Phi) is 2.04. The molecular weight excluding hydrogens is 162 g/mol. The third-order valence-corrected chi connectivity index (χ3v) is 1.97. The number of nitrogens with zero attached hydrogens (tertiary/aromatic N) is 1. The Balaban J connectivity index is 2.21. The smallest absolute Gasteiger partial charge is 0.112 e. The fourth-order valence-corrected chi connectivity index (χ4v) is 1.33. The summed E-state index contributed by atoms with van der Waals surface area (Å²) in [5.74, 6) is 0.395. The highest BCUT2D eigenvalue weighted by molar-refractivity contribution is 5.51. The van der Waals surface area contributed by atoms with Crippen molar-refractivity contribution >= 4 is 5.69 Å². The first kappa shape index (κ1) is 7.92. The van der Waals surface area contributed by atoms with Gasteiger partial charge >= 0.3 is 0 Å². The highest BCUT2D eigenvalue weighted by atomic mass is 16.3. The zero-order chi connectivity index (χ0) is 9.10. The lowest BCUT2D eigenvalue weighted by Gasteiger charge is -2.21. The summed E-state index contributed by atoms with van der Waals surface area (Å²) >= 11 is 0. The third kappa shape index (κ3) is 1.72. The summed E-state index contributed by atoms with van der Waals surface area (Å²) in [6.07, 6.45) is 5.50. The second kappa shape index (κ2) is 3.35. The molecule has 1 aromatic carbocycles. The van der Waals surface area contributed by atoms with Crippen LogP contribution in [-0.4, -0.2) is 11.7 Å². The van der Waals surface area contributed by atoms with Gasteiger partial charge in [-0.25, -0.2) is 0 Å². The number of rotatable bonds is 1. The molecule has 0 aliphatic carbocycles. The van der Waals surface area contributed by atoms with Gasteiger partial charge in [-0.1, -0.05) is 18.2 Å². The van der Waals surface area contributed by atoms with Gasteiger partial charge in [0.15, 0.2) is 0 Å². The van der Waals surface area contributed by atoms with Crippen molar-refractivity contribution in [3.05, 3.63) is 54.4 Å². The van der Waals surface area contributed by atoms with E-state index in [-0.39, 0.29) is 0 Å². The summed E-state index contributed by atoms with van der Waals surface area (Å²) < 4.78 is 0. The number of hydrogen-bond acceptors (Lipinski definition) is 2. The fourth-order valence-electron chi connectivity index (χ4n) is 1.33. The molecule has 1 aromatic rings. The van der Waals surface area contributed by atoms with Crippen LogP contribution >= 0.6 is 0 Å². The standard InChI is InChI=1S/C11H11NO/c13-11-7-4-8-12(9-11)10-5-2-1-3-6-10/h1-8,13H,9H2. The van der Waals surface area contributed by atoms with E-state index in [0.717, 1.165) is 5.69 Å². The van der Waals surface area contributed by atoms with Crippen LogP contribution in [0.3, 0.4) is 0 Å². The molecule has 0 unspecified atom stereocenters. The molecule has 0 fully saturated rings. The topological polar surface area (TPSA) is 23.5 Å². The van der Waals surface area contributed by atoms with Crippen molar-refractivity contribution in [3.63, 3.8) is 0 Å². The van der Waals surface area contributed by atoms with Crippen molar-refractivity contribution in [2.24, 2.45) is 0 Å². The summed E-state index contributed by atoms with van der Waals surface area (Å²) in [5.41, 5.74) is 1.10. The highest BCUT2D eigenvalue weighted by Crippen LogP contribution is 2.16. The molecule has 0 saturated carbocycles. The van der Waals surface area contributed by atoms with Crippen LogP contribution in [0.5, 0.6) is 0 Å². The Labute approximate surface area is 77.4 Å². The van der Waals surface area contributed by atoms with Crippen LogP contribution in [0.2, 0.25) is 0 Å². The van der Waals surface area contributed by atoms with E-state index < -0.39 is 0 Å². The summed E-state index contributed by atoms with van der Waals surface area (Å²) in [6.45, 7) is 0.556. The first-order chi connectivity index (χ1) is 6.36. The van der Waals surface area contributed by atoms with Crippen molar-refractivity contribution in [2.45, 2.75) is 0 Å². The number of allylic oxidation sites excluding steroid dienone is 2. The second-order valence-electron chi connectivity index (χ2n) is 2.96. The van der Waals surface area contributed by atoms with Crippen LogP contribution < -0.4 is 4.90 Å². The Morgan fingerprint density at radius 1 is 1.15 bits per heavy atom. The van der Waals surface area contributed by atoms with Gasteiger partial charge in [0.05, 0.1) is 6.54 Å². The molecule has 0 spiro atoms. The summed E-state index contributed by atoms with van der Waals surface area (Å²) in [4.78, 5) is 2.00. The van der Waals surface area contributed by atoms with E-state index in [2.05, 4.69) is 0 Å². The number of benzene rings is 1. The first-order valence-corrected chi connectivity index (χ1v) is 4.24. The molecule has 0 radical (unpaired) electrons. The van der Waals surface area contributed by atoms with Crippen molar-refractivity contribution in [3.8, 4) is 0 Å². The minimum Gasteiger partial charge on any atom is -0.510 e. The average molecular weight is 173 g/mol. The third-order valence-electron chi connectivity index (χ3n) is 1.97. The van der Waals surface area contributed by atoms with Crippen molar-refractivity contribution in [1.29, 1.82) is 0 Å². The van der Waals surface area contributed by atoms with Crippen molar-refractivity contribution < 1.29 is 5.11 Å². The maximum absolute atomic E-state index is 9.31.